The molecular weight excluding hydrogens is 344 g/mol. The van der Waals surface area contributed by atoms with Gasteiger partial charge in [-0.15, -0.1) is 6.58 Å². The average molecular weight is 365 g/mol. The lowest BCUT2D eigenvalue weighted by atomic mass is 9.77. The van der Waals surface area contributed by atoms with Crippen LogP contribution in [-0.2, 0) is 9.47 Å². The van der Waals surface area contributed by atoms with Crippen LogP contribution in [0.15, 0.2) is 52.7 Å². The van der Waals surface area contributed by atoms with Gasteiger partial charge in [-0.25, -0.2) is 4.79 Å². The Labute approximate surface area is 140 Å². The van der Waals surface area contributed by atoms with E-state index in [1.807, 2.05) is 26.0 Å². The van der Waals surface area contributed by atoms with Gasteiger partial charge >= 0.3 is 5.97 Å². The molecule has 1 aromatic rings. The Morgan fingerprint density at radius 1 is 1.41 bits per heavy atom. The van der Waals surface area contributed by atoms with Crippen LogP contribution in [0.5, 0.6) is 0 Å². The molecule has 3 nitrogen and oxygen atoms in total. The Hall–Kier alpha value is -1.55. The highest BCUT2D eigenvalue weighted by Crippen LogP contribution is 2.37. The number of hydrogen-bond donors (Lipinski definition) is 0. The summed E-state index contributed by atoms with van der Waals surface area (Å²) in [5.41, 5.74) is 2.57. The molecule has 1 heterocycles. The number of hydrogen-bond acceptors (Lipinski definition) is 3. The molecule has 0 saturated heterocycles. The van der Waals surface area contributed by atoms with Crippen LogP contribution in [0.1, 0.15) is 37.0 Å². The van der Waals surface area contributed by atoms with E-state index in [-0.39, 0.29) is 11.4 Å². The molecule has 2 rings (SSSR count). The molecule has 0 unspecified atom stereocenters. The standard InChI is InChI=1S/C18H21BrO3/c1-13(2)8-18(9-14(3)10-21-11-18)12-22-17(20)15-4-6-16(19)7-5-15/h4-7,10H,1,8-9,11-12H2,2-3H3/t18-/m0/s1. The number of rotatable bonds is 5. The highest BCUT2D eigenvalue weighted by molar-refractivity contribution is 9.10. The van der Waals surface area contributed by atoms with Crippen molar-refractivity contribution in [3.8, 4) is 0 Å². The van der Waals surface area contributed by atoms with Gasteiger partial charge in [0.1, 0.15) is 6.61 Å². The van der Waals surface area contributed by atoms with Gasteiger partial charge in [0.15, 0.2) is 0 Å². The summed E-state index contributed by atoms with van der Waals surface area (Å²) in [6.45, 7) is 8.90. The van der Waals surface area contributed by atoms with Crippen LogP contribution < -0.4 is 0 Å². The molecule has 0 aromatic heterocycles. The first-order chi connectivity index (χ1) is 10.4. The van der Waals surface area contributed by atoms with Gasteiger partial charge in [0.2, 0.25) is 0 Å². The van der Waals surface area contributed by atoms with Crippen molar-refractivity contribution in [1.29, 1.82) is 0 Å². The molecular formula is C18H21BrO3. The fraction of sp³-hybridized carbons (Fsp3) is 0.389. The van der Waals surface area contributed by atoms with Crippen molar-refractivity contribution >= 4 is 21.9 Å². The van der Waals surface area contributed by atoms with Crippen LogP contribution in [-0.4, -0.2) is 19.2 Å². The van der Waals surface area contributed by atoms with Crippen molar-refractivity contribution in [2.24, 2.45) is 5.41 Å². The molecule has 0 fully saturated rings. The van der Waals surface area contributed by atoms with E-state index in [9.17, 15) is 4.79 Å². The predicted octanol–water partition coefficient (Wildman–Crippen LogP) is 4.88. The summed E-state index contributed by atoms with van der Waals surface area (Å²) in [6.07, 6.45) is 3.42. The zero-order valence-electron chi connectivity index (χ0n) is 13.0. The monoisotopic (exact) mass is 364 g/mol. The molecule has 0 radical (unpaired) electrons. The number of esters is 1. The molecule has 22 heavy (non-hydrogen) atoms. The third-order valence-electron chi connectivity index (χ3n) is 3.59. The summed E-state index contributed by atoms with van der Waals surface area (Å²) in [6, 6.07) is 7.16. The van der Waals surface area contributed by atoms with Gasteiger partial charge in [0.05, 0.1) is 18.4 Å². The van der Waals surface area contributed by atoms with Crippen LogP contribution in [0.25, 0.3) is 0 Å². The molecule has 0 amide bonds. The Bertz CT molecular complexity index is 589. The number of benzene rings is 1. The summed E-state index contributed by atoms with van der Waals surface area (Å²) in [7, 11) is 0. The van der Waals surface area contributed by atoms with Gasteiger partial charge in [0.25, 0.3) is 0 Å². The first kappa shape index (κ1) is 16.8. The second-order valence-electron chi connectivity index (χ2n) is 6.17. The molecule has 0 bridgehead atoms. The molecule has 1 aliphatic rings. The van der Waals surface area contributed by atoms with Gasteiger partial charge in [-0.3, -0.25) is 0 Å². The minimum absolute atomic E-state index is 0.213. The maximum atomic E-state index is 12.2. The van der Waals surface area contributed by atoms with E-state index < -0.39 is 0 Å². The fourth-order valence-electron chi connectivity index (χ4n) is 2.83. The number of carbonyl (C=O) groups excluding carboxylic acids is 1. The van der Waals surface area contributed by atoms with Gasteiger partial charge in [-0.05, 0) is 56.5 Å². The second-order valence-corrected chi connectivity index (χ2v) is 7.08. The number of carbonyl (C=O) groups is 1. The van der Waals surface area contributed by atoms with E-state index in [0.717, 1.165) is 28.5 Å². The molecule has 0 spiro atoms. The predicted molar refractivity (Wildman–Crippen MR) is 90.6 cm³/mol. The molecule has 0 aliphatic carbocycles. The largest absolute Gasteiger partial charge is 0.501 e. The lowest BCUT2D eigenvalue weighted by Crippen LogP contribution is -2.35. The highest BCUT2D eigenvalue weighted by atomic mass is 79.9. The highest BCUT2D eigenvalue weighted by Gasteiger charge is 2.35. The maximum Gasteiger partial charge on any atom is 0.338 e. The lowest BCUT2D eigenvalue weighted by Gasteiger charge is -2.36. The first-order valence-corrected chi connectivity index (χ1v) is 8.04. The Kier molecular flexibility index (Phi) is 5.46. The molecule has 0 saturated carbocycles. The van der Waals surface area contributed by atoms with Crippen LogP contribution in [0.2, 0.25) is 0 Å². The minimum atomic E-state index is -0.305. The zero-order chi connectivity index (χ0) is 16.2. The van der Waals surface area contributed by atoms with Crippen molar-refractivity contribution in [3.63, 3.8) is 0 Å². The van der Waals surface area contributed by atoms with Crippen molar-refractivity contribution in [2.45, 2.75) is 26.7 Å². The molecule has 118 valence electrons. The zero-order valence-corrected chi connectivity index (χ0v) is 14.6. The van der Waals surface area contributed by atoms with Crippen LogP contribution >= 0.6 is 15.9 Å². The summed E-state index contributed by atoms with van der Waals surface area (Å²) in [5, 5.41) is 0. The maximum absolute atomic E-state index is 12.2. The first-order valence-electron chi connectivity index (χ1n) is 7.25. The van der Waals surface area contributed by atoms with Gasteiger partial charge in [-0.1, -0.05) is 21.5 Å². The fourth-order valence-corrected chi connectivity index (χ4v) is 3.09. The van der Waals surface area contributed by atoms with Crippen LogP contribution in [0.3, 0.4) is 0 Å². The number of halogens is 1. The van der Waals surface area contributed by atoms with E-state index in [1.54, 1.807) is 18.4 Å². The Balaban J connectivity index is 2.05. The Morgan fingerprint density at radius 3 is 2.68 bits per heavy atom. The average Bonchev–Trinajstić information content (AvgIpc) is 2.45. The van der Waals surface area contributed by atoms with Crippen LogP contribution in [0, 0.1) is 5.41 Å². The summed E-state index contributed by atoms with van der Waals surface area (Å²) in [4.78, 5) is 12.2. The molecule has 1 aromatic carbocycles. The van der Waals surface area contributed by atoms with E-state index in [0.29, 0.717) is 18.8 Å². The van der Waals surface area contributed by atoms with Gasteiger partial charge in [-0.2, -0.15) is 0 Å². The minimum Gasteiger partial charge on any atom is -0.501 e. The normalized spacial score (nSPS) is 20.8. The summed E-state index contributed by atoms with van der Waals surface area (Å²) >= 11 is 3.35. The number of allylic oxidation sites excluding steroid dienone is 2. The third kappa shape index (κ3) is 4.47. The SMILES string of the molecule is C=C(C)C[C@@]1(COC(=O)c2ccc(Br)cc2)COC=C(C)C1. The van der Waals surface area contributed by atoms with Crippen molar-refractivity contribution in [2.75, 3.05) is 13.2 Å². The van der Waals surface area contributed by atoms with E-state index in [4.69, 9.17) is 9.47 Å². The van der Waals surface area contributed by atoms with Crippen LogP contribution in [0.4, 0.5) is 0 Å². The van der Waals surface area contributed by atoms with Gasteiger partial charge < -0.3 is 9.47 Å². The number of ether oxygens (including phenoxy) is 2. The molecule has 1 atom stereocenters. The van der Waals surface area contributed by atoms with Crippen molar-refractivity contribution in [1.82, 2.24) is 0 Å². The second kappa shape index (κ2) is 7.14. The summed E-state index contributed by atoms with van der Waals surface area (Å²) < 4.78 is 12.0. The molecule has 4 heteroatoms. The topological polar surface area (TPSA) is 35.5 Å². The molecule has 0 N–H and O–H groups in total. The van der Waals surface area contributed by atoms with Crippen molar-refractivity contribution in [3.05, 3.63) is 58.3 Å². The van der Waals surface area contributed by atoms with E-state index >= 15 is 0 Å². The molecule has 1 aliphatic heterocycles. The van der Waals surface area contributed by atoms with Crippen molar-refractivity contribution < 1.29 is 14.3 Å². The summed E-state index contributed by atoms with van der Waals surface area (Å²) in [5.74, 6) is -0.305. The van der Waals surface area contributed by atoms with Gasteiger partial charge in [0, 0.05) is 9.89 Å². The Morgan fingerprint density at radius 2 is 2.09 bits per heavy atom. The lowest BCUT2D eigenvalue weighted by molar-refractivity contribution is -0.000696. The van der Waals surface area contributed by atoms with E-state index in [2.05, 4.69) is 22.5 Å². The van der Waals surface area contributed by atoms with E-state index in [1.165, 1.54) is 0 Å². The third-order valence-corrected chi connectivity index (χ3v) is 4.12. The smallest absolute Gasteiger partial charge is 0.338 e. The quantitative estimate of drug-likeness (QED) is 0.551.